The SMILES string of the molecule is CCC(C)C(=O)NCC(=O)N1CCc2ccccc21. The molecule has 1 atom stereocenters. The van der Waals surface area contributed by atoms with Gasteiger partial charge in [0.05, 0.1) is 6.54 Å². The van der Waals surface area contributed by atoms with Gasteiger partial charge in [-0.3, -0.25) is 9.59 Å². The zero-order valence-corrected chi connectivity index (χ0v) is 11.5. The highest BCUT2D eigenvalue weighted by atomic mass is 16.2. The maximum absolute atomic E-state index is 12.1. The van der Waals surface area contributed by atoms with Gasteiger partial charge in [0.25, 0.3) is 0 Å². The summed E-state index contributed by atoms with van der Waals surface area (Å²) in [7, 11) is 0. The summed E-state index contributed by atoms with van der Waals surface area (Å²) >= 11 is 0. The summed E-state index contributed by atoms with van der Waals surface area (Å²) in [6, 6.07) is 7.91. The molecule has 4 heteroatoms. The van der Waals surface area contributed by atoms with Crippen molar-refractivity contribution in [1.29, 1.82) is 0 Å². The van der Waals surface area contributed by atoms with Gasteiger partial charge < -0.3 is 10.2 Å². The molecule has 1 N–H and O–H groups in total. The third kappa shape index (κ3) is 2.95. The van der Waals surface area contributed by atoms with Crippen LogP contribution in [0, 0.1) is 5.92 Å². The number of rotatable bonds is 4. The number of anilines is 1. The maximum atomic E-state index is 12.1. The number of nitrogens with one attached hydrogen (secondary N) is 1. The molecule has 0 saturated carbocycles. The van der Waals surface area contributed by atoms with E-state index < -0.39 is 0 Å². The molecule has 1 aliphatic rings. The number of hydrogen-bond donors (Lipinski definition) is 1. The van der Waals surface area contributed by atoms with Gasteiger partial charge in [0, 0.05) is 18.2 Å². The summed E-state index contributed by atoms with van der Waals surface area (Å²) in [5.41, 5.74) is 2.18. The van der Waals surface area contributed by atoms with Crippen molar-refractivity contribution in [3.63, 3.8) is 0 Å². The van der Waals surface area contributed by atoms with Crippen LogP contribution < -0.4 is 10.2 Å². The van der Waals surface area contributed by atoms with Crippen LogP contribution in [-0.2, 0) is 16.0 Å². The van der Waals surface area contributed by atoms with E-state index in [4.69, 9.17) is 0 Å². The molecule has 1 aromatic rings. The van der Waals surface area contributed by atoms with E-state index in [9.17, 15) is 9.59 Å². The number of hydrogen-bond acceptors (Lipinski definition) is 2. The topological polar surface area (TPSA) is 49.4 Å². The molecule has 0 bridgehead atoms. The minimum absolute atomic E-state index is 0.0402. The molecule has 19 heavy (non-hydrogen) atoms. The van der Waals surface area contributed by atoms with Crippen molar-refractivity contribution in [2.75, 3.05) is 18.0 Å². The van der Waals surface area contributed by atoms with Crippen molar-refractivity contribution in [3.8, 4) is 0 Å². The van der Waals surface area contributed by atoms with E-state index in [0.717, 1.165) is 18.5 Å². The summed E-state index contributed by atoms with van der Waals surface area (Å²) in [6.45, 7) is 4.61. The van der Waals surface area contributed by atoms with E-state index in [1.54, 1.807) is 4.90 Å². The van der Waals surface area contributed by atoms with Crippen molar-refractivity contribution in [3.05, 3.63) is 29.8 Å². The number of nitrogens with zero attached hydrogens (tertiary/aromatic N) is 1. The first-order valence-electron chi connectivity index (χ1n) is 6.79. The molecule has 0 aromatic heterocycles. The normalized spacial score (nSPS) is 14.9. The van der Waals surface area contributed by atoms with Crippen molar-refractivity contribution >= 4 is 17.5 Å². The number of carbonyl (C=O) groups is 2. The second kappa shape index (κ2) is 5.87. The molecule has 0 spiro atoms. The molecule has 2 rings (SSSR count). The average Bonchev–Trinajstić information content (AvgIpc) is 2.87. The van der Waals surface area contributed by atoms with Gasteiger partial charge in [0.1, 0.15) is 0 Å². The third-order valence-corrected chi connectivity index (χ3v) is 3.66. The first-order valence-corrected chi connectivity index (χ1v) is 6.79. The van der Waals surface area contributed by atoms with Crippen LogP contribution in [0.25, 0.3) is 0 Å². The molecule has 1 aliphatic heterocycles. The van der Waals surface area contributed by atoms with Crippen molar-refractivity contribution in [2.24, 2.45) is 5.92 Å². The Morgan fingerprint density at radius 3 is 2.84 bits per heavy atom. The molecule has 4 nitrogen and oxygen atoms in total. The highest BCUT2D eigenvalue weighted by molar-refractivity contribution is 5.98. The van der Waals surface area contributed by atoms with E-state index in [-0.39, 0.29) is 24.3 Å². The fraction of sp³-hybridized carbons (Fsp3) is 0.467. The minimum Gasteiger partial charge on any atom is -0.347 e. The Morgan fingerprint density at radius 1 is 1.37 bits per heavy atom. The van der Waals surface area contributed by atoms with Crippen LogP contribution in [-0.4, -0.2) is 24.9 Å². The van der Waals surface area contributed by atoms with Crippen LogP contribution in [0.2, 0.25) is 0 Å². The number of para-hydroxylation sites is 1. The predicted octanol–water partition coefficient (Wildman–Crippen LogP) is 1.74. The molecule has 102 valence electrons. The van der Waals surface area contributed by atoms with Crippen LogP contribution in [0.5, 0.6) is 0 Å². The third-order valence-electron chi connectivity index (χ3n) is 3.66. The van der Waals surface area contributed by atoms with Gasteiger partial charge >= 0.3 is 0 Å². The molecular formula is C15H20N2O2. The Kier molecular flexibility index (Phi) is 4.20. The lowest BCUT2D eigenvalue weighted by Crippen LogP contribution is -2.41. The van der Waals surface area contributed by atoms with E-state index in [1.165, 1.54) is 5.56 Å². The zero-order valence-electron chi connectivity index (χ0n) is 11.5. The van der Waals surface area contributed by atoms with Gasteiger partial charge in [-0.1, -0.05) is 32.0 Å². The molecule has 0 aliphatic carbocycles. The van der Waals surface area contributed by atoms with Crippen LogP contribution in [0.3, 0.4) is 0 Å². The first kappa shape index (κ1) is 13.6. The van der Waals surface area contributed by atoms with Gasteiger partial charge in [-0.25, -0.2) is 0 Å². The minimum atomic E-state index is -0.0525. The number of carbonyl (C=O) groups excluding carboxylic acids is 2. The molecule has 1 unspecified atom stereocenters. The van der Waals surface area contributed by atoms with Crippen LogP contribution in [0.15, 0.2) is 24.3 Å². The number of benzene rings is 1. The van der Waals surface area contributed by atoms with Gasteiger partial charge in [0.15, 0.2) is 0 Å². The molecule has 0 radical (unpaired) electrons. The summed E-state index contributed by atoms with van der Waals surface area (Å²) in [6.07, 6.45) is 1.67. The van der Waals surface area contributed by atoms with E-state index in [2.05, 4.69) is 5.32 Å². The van der Waals surface area contributed by atoms with Gasteiger partial charge in [-0.2, -0.15) is 0 Å². The first-order chi connectivity index (χ1) is 9.13. The number of fused-ring (bicyclic) bond motifs is 1. The van der Waals surface area contributed by atoms with E-state index >= 15 is 0 Å². The highest BCUT2D eigenvalue weighted by Crippen LogP contribution is 2.27. The van der Waals surface area contributed by atoms with Crippen LogP contribution >= 0.6 is 0 Å². The van der Waals surface area contributed by atoms with E-state index in [0.29, 0.717) is 6.54 Å². The second-order valence-corrected chi connectivity index (χ2v) is 4.95. The predicted molar refractivity (Wildman–Crippen MR) is 75.0 cm³/mol. The van der Waals surface area contributed by atoms with Crippen LogP contribution in [0.4, 0.5) is 5.69 Å². The molecule has 2 amide bonds. The lowest BCUT2D eigenvalue weighted by atomic mass is 10.1. The zero-order chi connectivity index (χ0) is 13.8. The van der Waals surface area contributed by atoms with Gasteiger partial charge in [-0.15, -0.1) is 0 Å². The van der Waals surface area contributed by atoms with Crippen LogP contribution in [0.1, 0.15) is 25.8 Å². The smallest absolute Gasteiger partial charge is 0.246 e. The molecule has 0 saturated heterocycles. The van der Waals surface area contributed by atoms with Gasteiger partial charge in [-0.05, 0) is 24.5 Å². The second-order valence-electron chi connectivity index (χ2n) is 4.95. The molecule has 1 heterocycles. The van der Waals surface area contributed by atoms with E-state index in [1.807, 2.05) is 38.1 Å². The standard InChI is InChI=1S/C15H20N2O2/c1-3-11(2)15(19)16-10-14(18)17-9-8-12-6-4-5-7-13(12)17/h4-7,11H,3,8-10H2,1-2H3,(H,16,19). The fourth-order valence-corrected chi connectivity index (χ4v) is 2.22. The highest BCUT2D eigenvalue weighted by Gasteiger charge is 2.24. The van der Waals surface area contributed by atoms with Gasteiger partial charge in [0.2, 0.25) is 11.8 Å². The van der Waals surface area contributed by atoms with Crippen molar-refractivity contribution in [2.45, 2.75) is 26.7 Å². The number of amides is 2. The fourth-order valence-electron chi connectivity index (χ4n) is 2.22. The lowest BCUT2D eigenvalue weighted by Gasteiger charge is -2.18. The lowest BCUT2D eigenvalue weighted by molar-refractivity contribution is -0.127. The average molecular weight is 260 g/mol. The van der Waals surface area contributed by atoms with Crippen molar-refractivity contribution < 1.29 is 9.59 Å². The summed E-state index contributed by atoms with van der Waals surface area (Å²) < 4.78 is 0. The van der Waals surface area contributed by atoms with Crippen molar-refractivity contribution in [1.82, 2.24) is 5.32 Å². The summed E-state index contributed by atoms with van der Waals surface area (Å²) in [5, 5.41) is 2.71. The quantitative estimate of drug-likeness (QED) is 0.896. The summed E-state index contributed by atoms with van der Waals surface area (Å²) in [4.78, 5) is 25.5. The molecular weight excluding hydrogens is 240 g/mol. The Hall–Kier alpha value is -1.84. The molecule has 0 fully saturated rings. The largest absolute Gasteiger partial charge is 0.347 e. The monoisotopic (exact) mass is 260 g/mol. The summed E-state index contributed by atoms with van der Waals surface area (Å²) in [5.74, 6) is -0.136. The Labute approximate surface area is 113 Å². The molecule has 1 aromatic carbocycles. The Morgan fingerprint density at radius 2 is 2.11 bits per heavy atom. The Balaban J connectivity index is 1.94. The Bertz CT molecular complexity index is 485. The maximum Gasteiger partial charge on any atom is 0.246 e.